The van der Waals surface area contributed by atoms with Gasteiger partial charge in [-0.1, -0.05) is 26.0 Å². The minimum Gasteiger partial charge on any atom is -0.493 e. The van der Waals surface area contributed by atoms with Crippen LogP contribution < -0.4 is 4.74 Å². The van der Waals surface area contributed by atoms with Gasteiger partial charge in [-0.3, -0.25) is 4.79 Å². The molecule has 0 spiro atoms. The van der Waals surface area contributed by atoms with Crippen LogP contribution in [0.4, 0.5) is 0 Å². The molecule has 0 saturated carbocycles. The number of carboxylic acid groups (broad SMARTS) is 1. The zero-order chi connectivity index (χ0) is 15.3. The second-order valence-electron chi connectivity index (χ2n) is 6.34. The Balaban J connectivity index is 2.58. The monoisotopic (exact) mass is 278 g/mol. The summed E-state index contributed by atoms with van der Waals surface area (Å²) in [5.74, 6) is 0.588. The summed E-state index contributed by atoms with van der Waals surface area (Å²) in [6.07, 6.45) is 1.36. The van der Waals surface area contributed by atoms with E-state index in [9.17, 15) is 4.79 Å². The molecule has 0 unspecified atom stereocenters. The Kier molecular flexibility index (Phi) is 5.61. The van der Waals surface area contributed by atoms with E-state index in [0.29, 0.717) is 18.9 Å². The van der Waals surface area contributed by atoms with Gasteiger partial charge in [-0.2, -0.15) is 0 Å². The molecule has 0 aliphatic heterocycles. The highest BCUT2D eigenvalue weighted by Gasteiger charge is 2.26. The number of ether oxygens (including phenoxy) is 1. The van der Waals surface area contributed by atoms with Crippen LogP contribution in [0.1, 0.15) is 57.6 Å². The molecule has 1 aromatic rings. The molecule has 0 fully saturated rings. The number of benzene rings is 1. The van der Waals surface area contributed by atoms with Crippen LogP contribution in [-0.4, -0.2) is 17.7 Å². The van der Waals surface area contributed by atoms with Crippen molar-refractivity contribution in [3.05, 3.63) is 29.3 Å². The lowest BCUT2D eigenvalue weighted by molar-refractivity contribution is -0.147. The lowest BCUT2D eigenvalue weighted by Crippen LogP contribution is -2.24. The molecule has 0 bridgehead atoms. The van der Waals surface area contributed by atoms with Gasteiger partial charge in [0, 0.05) is 0 Å². The fraction of sp³-hybridized carbons (Fsp3) is 0.588. The summed E-state index contributed by atoms with van der Waals surface area (Å²) in [6.45, 7) is 10.4. The Hall–Kier alpha value is -1.51. The molecular weight excluding hydrogens is 252 g/mol. The maximum Gasteiger partial charge on any atom is 0.309 e. The average Bonchev–Trinajstić information content (AvgIpc) is 2.34. The molecule has 0 aromatic heterocycles. The molecule has 0 radical (unpaired) electrons. The van der Waals surface area contributed by atoms with Crippen LogP contribution in [0.25, 0.3) is 0 Å². The van der Waals surface area contributed by atoms with Crippen molar-refractivity contribution in [1.82, 2.24) is 0 Å². The van der Waals surface area contributed by atoms with Gasteiger partial charge in [-0.25, -0.2) is 0 Å². The van der Waals surface area contributed by atoms with E-state index >= 15 is 0 Å². The molecular formula is C17H26O3. The van der Waals surface area contributed by atoms with Crippen LogP contribution in [0.3, 0.4) is 0 Å². The highest BCUT2D eigenvalue weighted by Crippen LogP contribution is 2.28. The molecule has 0 aliphatic rings. The summed E-state index contributed by atoms with van der Waals surface area (Å²) < 4.78 is 5.86. The smallest absolute Gasteiger partial charge is 0.309 e. The van der Waals surface area contributed by atoms with Crippen molar-refractivity contribution in [2.24, 2.45) is 5.41 Å². The Labute approximate surface area is 122 Å². The Morgan fingerprint density at radius 3 is 2.55 bits per heavy atom. The van der Waals surface area contributed by atoms with E-state index in [-0.39, 0.29) is 0 Å². The summed E-state index contributed by atoms with van der Waals surface area (Å²) in [4.78, 5) is 11.0. The number of hydrogen-bond donors (Lipinski definition) is 1. The molecule has 0 amide bonds. The summed E-state index contributed by atoms with van der Waals surface area (Å²) in [6, 6.07) is 6.25. The minimum absolute atomic E-state index is 0.418. The number of carbonyl (C=O) groups is 1. The molecule has 20 heavy (non-hydrogen) atoms. The molecule has 0 heterocycles. The summed E-state index contributed by atoms with van der Waals surface area (Å²) in [7, 11) is 0. The zero-order valence-electron chi connectivity index (χ0n) is 13.2. The van der Waals surface area contributed by atoms with Crippen LogP contribution in [-0.2, 0) is 4.79 Å². The number of aryl methyl sites for hydroxylation is 1. The van der Waals surface area contributed by atoms with E-state index in [4.69, 9.17) is 9.84 Å². The van der Waals surface area contributed by atoms with Gasteiger partial charge < -0.3 is 9.84 Å². The lowest BCUT2D eigenvalue weighted by Gasteiger charge is -2.19. The first-order chi connectivity index (χ1) is 9.24. The van der Waals surface area contributed by atoms with Crippen LogP contribution in [0.15, 0.2) is 18.2 Å². The van der Waals surface area contributed by atoms with E-state index in [1.54, 1.807) is 13.8 Å². The normalized spacial score (nSPS) is 11.7. The minimum atomic E-state index is -0.754. The molecule has 1 rings (SSSR count). The van der Waals surface area contributed by atoms with E-state index in [0.717, 1.165) is 12.2 Å². The molecule has 1 N–H and O–H groups in total. The predicted molar refractivity (Wildman–Crippen MR) is 81.4 cm³/mol. The van der Waals surface area contributed by atoms with Gasteiger partial charge in [-0.05, 0) is 56.7 Å². The molecule has 112 valence electrons. The maximum atomic E-state index is 11.0. The van der Waals surface area contributed by atoms with Gasteiger partial charge in [0.25, 0.3) is 0 Å². The van der Waals surface area contributed by atoms with Crippen LogP contribution in [0, 0.1) is 12.3 Å². The third kappa shape index (κ3) is 4.55. The molecule has 1 aromatic carbocycles. The number of aliphatic carboxylic acids is 1. The third-order valence-electron chi connectivity index (χ3n) is 3.57. The summed E-state index contributed by atoms with van der Waals surface area (Å²) in [5, 5.41) is 9.07. The SMILES string of the molecule is Cc1ccc(C(C)C)c(OCCCC(C)(C)C(=O)O)c1. The number of carboxylic acids is 1. The highest BCUT2D eigenvalue weighted by atomic mass is 16.5. The average molecular weight is 278 g/mol. The van der Waals surface area contributed by atoms with E-state index < -0.39 is 11.4 Å². The van der Waals surface area contributed by atoms with Crippen molar-refractivity contribution in [2.45, 2.75) is 53.4 Å². The van der Waals surface area contributed by atoms with Crippen molar-refractivity contribution in [3.63, 3.8) is 0 Å². The van der Waals surface area contributed by atoms with Gasteiger partial charge in [0.05, 0.1) is 12.0 Å². The van der Waals surface area contributed by atoms with Crippen molar-refractivity contribution in [1.29, 1.82) is 0 Å². The van der Waals surface area contributed by atoms with Gasteiger partial charge in [0.2, 0.25) is 0 Å². The van der Waals surface area contributed by atoms with E-state index in [1.165, 1.54) is 11.1 Å². The van der Waals surface area contributed by atoms with Crippen molar-refractivity contribution in [2.75, 3.05) is 6.61 Å². The quantitative estimate of drug-likeness (QED) is 0.752. The summed E-state index contributed by atoms with van der Waals surface area (Å²) in [5.41, 5.74) is 1.69. The first-order valence-corrected chi connectivity index (χ1v) is 7.21. The standard InChI is InChI=1S/C17H26O3/c1-12(2)14-8-7-13(3)11-15(14)20-10-6-9-17(4,5)16(18)19/h7-8,11-12H,6,9-10H2,1-5H3,(H,18,19). The van der Waals surface area contributed by atoms with Crippen molar-refractivity contribution >= 4 is 5.97 Å². The molecule has 0 aliphatic carbocycles. The van der Waals surface area contributed by atoms with Gasteiger partial charge in [0.15, 0.2) is 0 Å². The summed E-state index contributed by atoms with van der Waals surface area (Å²) >= 11 is 0. The maximum absolute atomic E-state index is 11.0. The molecule has 3 nitrogen and oxygen atoms in total. The Morgan fingerprint density at radius 1 is 1.35 bits per heavy atom. The van der Waals surface area contributed by atoms with Crippen molar-refractivity contribution < 1.29 is 14.6 Å². The molecule has 3 heteroatoms. The second kappa shape index (κ2) is 6.78. The lowest BCUT2D eigenvalue weighted by atomic mass is 9.88. The van der Waals surface area contributed by atoms with Gasteiger partial charge in [-0.15, -0.1) is 0 Å². The molecule has 0 saturated heterocycles. The topological polar surface area (TPSA) is 46.5 Å². The first kappa shape index (κ1) is 16.5. The predicted octanol–water partition coefficient (Wildman–Crippen LogP) is 4.39. The van der Waals surface area contributed by atoms with E-state index in [1.807, 2.05) is 6.92 Å². The fourth-order valence-corrected chi connectivity index (χ4v) is 2.05. The van der Waals surface area contributed by atoms with Crippen LogP contribution >= 0.6 is 0 Å². The second-order valence-corrected chi connectivity index (χ2v) is 6.34. The van der Waals surface area contributed by atoms with Crippen LogP contribution in [0.5, 0.6) is 5.75 Å². The van der Waals surface area contributed by atoms with Gasteiger partial charge in [0.1, 0.15) is 5.75 Å². The van der Waals surface area contributed by atoms with E-state index in [2.05, 4.69) is 32.0 Å². The Bertz CT molecular complexity index is 461. The third-order valence-corrected chi connectivity index (χ3v) is 3.57. The zero-order valence-corrected chi connectivity index (χ0v) is 13.2. The number of rotatable bonds is 7. The highest BCUT2D eigenvalue weighted by molar-refractivity contribution is 5.73. The largest absolute Gasteiger partial charge is 0.493 e. The Morgan fingerprint density at radius 2 is 2.00 bits per heavy atom. The fourth-order valence-electron chi connectivity index (χ4n) is 2.05. The van der Waals surface area contributed by atoms with Gasteiger partial charge >= 0.3 is 5.97 Å². The number of hydrogen-bond acceptors (Lipinski definition) is 2. The van der Waals surface area contributed by atoms with Crippen molar-refractivity contribution in [3.8, 4) is 5.75 Å². The first-order valence-electron chi connectivity index (χ1n) is 7.21. The van der Waals surface area contributed by atoms with Crippen LogP contribution in [0.2, 0.25) is 0 Å². The molecule has 0 atom stereocenters.